The van der Waals surface area contributed by atoms with Crippen molar-refractivity contribution in [2.45, 2.75) is 33.1 Å². The molecule has 0 aromatic rings. The van der Waals surface area contributed by atoms with Crippen LogP contribution in [0.1, 0.15) is 33.1 Å². The van der Waals surface area contributed by atoms with Crippen LogP contribution in [0.15, 0.2) is 0 Å². The van der Waals surface area contributed by atoms with Gasteiger partial charge in [-0.3, -0.25) is 0 Å². The Bertz CT molecular complexity index is 148. The molecule has 3 aliphatic rings. The molecule has 0 aromatic carbocycles. The summed E-state index contributed by atoms with van der Waals surface area (Å²) in [7, 11) is 0. The van der Waals surface area contributed by atoms with Crippen LogP contribution in [0.25, 0.3) is 0 Å². The molecule has 1 nitrogen and oxygen atoms in total. The van der Waals surface area contributed by atoms with Gasteiger partial charge in [0.05, 0.1) is 0 Å². The SMILES string of the molecule is CC1(C)[C@@H]2CC(CO)C[C@H]1C2. The lowest BCUT2D eigenvalue weighted by atomic mass is 9.47. The molecule has 3 atom stereocenters. The molecule has 3 rings (SSSR count). The van der Waals surface area contributed by atoms with Gasteiger partial charge in [-0.2, -0.15) is 0 Å². The highest BCUT2D eigenvalue weighted by molar-refractivity contribution is 5.01. The van der Waals surface area contributed by atoms with Crippen LogP contribution >= 0.6 is 0 Å². The number of aliphatic hydroxyl groups is 1. The molecule has 3 aliphatic carbocycles. The average Bonchev–Trinajstić information content (AvgIpc) is 2.04. The summed E-state index contributed by atoms with van der Waals surface area (Å²) in [5, 5.41) is 9.00. The molecule has 0 saturated heterocycles. The van der Waals surface area contributed by atoms with Crippen molar-refractivity contribution >= 4 is 0 Å². The monoisotopic (exact) mass is 154 g/mol. The van der Waals surface area contributed by atoms with Crippen LogP contribution in [0, 0.1) is 23.2 Å². The molecule has 0 aliphatic heterocycles. The van der Waals surface area contributed by atoms with Crippen molar-refractivity contribution in [3.63, 3.8) is 0 Å². The molecule has 11 heavy (non-hydrogen) atoms. The third-order valence-corrected chi connectivity index (χ3v) is 4.17. The Morgan fingerprint density at radius 1 is 1.18 bits per heavy atom. The summed E-state index contributed by atoms with van der Waals surface area (Å²) in [6.07, 6.45) is 3.99. The third kappa shape index (κ3) is 0.936. The van der Waals surface area contributed by atoms with E-state index in [1.165, 1.54) is 19.3 Å². The minimum atomic E-state index is 0.420. The lowest BCUT2D eigenvalue weighted by molar-refractivity contribution is -0.0981. The van der Waals surface area contributed by atoms with Gasteiger partial charge >= 0.3 is 0 Å². The van der Waals surface area contributed by atoms with E-state index in [4.69, 9.17) is 5.11 Å². The normalized spacial score (nSPS) is 46.6. The van der Waals surface area contributed by atoms with Gasteiger partial charge < -0.3 is 5.11 Å². The molecule has 2 bridgehead atoms. The number of fused-ring (bicyclic) bond motifs is 2. The van der Waals surface area contributed by atoms with E-state index in [2.05, 4.69) is 13.8 Å². The van der Waals surface area contributed by atoms with Crippen molar-refractivity contribution in [2.24, 2.45) is 23.2 Å². The van der Waals surface area contributed by atoms with Crippen molar-refractivity contribution < 1.29 is 5.11 Å². The molecule has 1 unspecified atom stereocenters. The predicted molar refractivity (Wildman–Crippen MR) is 45.2 cm³/mol. The first-order chi connectivity index (χ1) is 5.14. The highest BCUT2D eigenvalue weighted by Crippen LogP contribution is 2.60. The molecule has 1 N–H and O–H groups in total. The minimum absolute atomic E-state index is 0.420. The quantitative estimate of drug-likeness (QED) is 0.613. The Kier molecular flexibility index (Phi) is 1.54. The Hall–Kier alpha value is -0.0400. The van der Waals surface area contributed by atoms with Crippen molar-refractivity contribution in [1.82, 2.24) is 0 Å². The van der Waals surface area contributed by atoms with Crippen molar-refractivity contribution in [3.05, 3.63) is 0 Å². The zero-order valence-corrected chi connectivity index (χ0v) is 7.51. The van der Waals surface area contributed by atoms with E-state index in [9.17, 15) is 0 Å². The molecule has 0 radical (unpaired) electrons. The Labute approximate surface area is 68.8 Å². The van der Waals surface area contributed by atoms with Crippen molar-refractivity contribution in [1.29, 1.82) is 0 Å². The van der Waals surface area contributed by atoms with Gasteiger partial charge in [-0.15, -0.1) is 0 Å². The van der Waals surface area contributed by atoms with Gasteiger partial charge in [0.25, 0.3) is 0 Å². The number of hydrogen-bond donors (Lipinski definition) is 1. The van der Waals surface area contributed by atoms with E-state index >= 15 is 0 Å². The Morgan fingerprint density at radius 3 is 2.09 bits per heavy atom. The van der Waals surface area contributed by atoms with Gasteiger partial charge in [0, 0.05) is 6.61 Å². The van der Waals surface area contributed by atoms with Crippen LogP contribution in [0.4, 0.5) is 0 Å². The fraction of sp³-hybridized carbons (Fsp3) is 1.00. The largest absolute Gasteiger partial charge is 0.396 e. The first-order valence-electron chi connectivity index (χ1n) is 4.75. The van der Waals surface area contributed by atoms with Crippen LogP contribution in [0.5, 0.6) is 0 Å². The summed E-state index contributed by atoms with van der Waals surface area (Å²) in [5.41, 5.74) is 0.603. The molecule has 3 fully saturated rings. The molecular weight excluding hydrogens is 136 g/mol. The van der Waals surface area contributed by atoms with Crippen molar-refractivity contribution in [2.75, 3.05) is 6.61 Å². The van der Waals surface area contributed by atoms with E-state index in [-0.39, 0.29) is 0 Å². The number of aliphatic hydroxyl groups excluding tert-OH is 1. The molecule has 3 saturated carbocycles. The predicted octanol–water partition coefficient (Wildman–Crippen LogP) is 2.05. The van der Waals surface area contributed by atoms with Gasteiger partial charge in [0.15, 0.2) is 0 Å². The smallest absolute Gasteiger partial charge is 0.0459 e. The van der Waals surface area contributed by atoms with E-state index in [0.717, 1.165) is 11.8 Å². The van der Waals surface area contributed by atoms with Gasteiger partial charge in [-0.25, -0.2) is 0 Å². The third-order valence-electron chi connectivity index (χ3n) is 4.17. The van der Waals surface area contributed by atoms with Gasteiger partial charge in [-0.05, 0) is 42.4 Å². The zero-order chi connectivity index (χ0) is 8.06. The summed E-state index contributed by atoms with van der Waals surface area (Å²) < 4.78 is 0. The molecule has 64 valence electrons. The van der Waals surface area contributed by atoms with Crippen LogP contribution in [-0.4, -0.2) is 11.7 Å². The maximum Gasteiger partial charge on any atom is 0.0459 e. The van der Waals surface area contributed by atoms with Gasteiger partial charge in [-0.1, -0.05) is 13.8 Å². The summed E-state index contributed by atoms with van der Waals surface area (Å²) in [5.74, 6) is 2.46. The van der Waals surface area contributed by atoms with E-state index in [1.807, 2.05) is 0 Å². The lowest BCUT2D eigenvalue weighted by Crippen LogP contribution is -2.51. The molecule has 0 spiro atoms. The summed E-state index contributed by atoms with van der Waals surface area (Å²) in [4.78, 5) is 0. The molecule has 0 amide bonds. The fourth-order valence-electron chi connectivity index (χ4n) is 2.97. The molecule has 0 aromatic heterocycles. The number of hydrogen-bond acceptors (Lipinski definition) is 1. The van der Waals surface area contributed by atoms with Crippen molar-refractivity contribution in [3.8, 4) is 0 Å². The Morgan fingerprint density at radius 2 is 1.73 bits per heavy atom. The molecule has 1 heteroatoms. The van der Waals surface area contributed by atoms with Gasteiger partial charge in [0.2, 0.25) is 0 Å². The standard InChI is InChI=1S/C10H18O/c1-10(2)8-3-7(6-11)4-9(10)5-8/h7-9,11H,3-6H2,1-2H3/t7?,8-,9+. The van der Waals surface area contributed by atoms with Crippen LogP contribution in [0.3, 0.4) is 0 Å². The molecular formula is C10H18O. The minimum Gasteiger partial charge on any atom is -0.396 e. The van der Waals surface area contributed by atoms with Crippen LogP contribution in [-0.2, 0) is 0 Å². The van der Waals surface area contributed by atoms with E-state index in [0.29, 0.717) is 17.9 Å². The highest BCUT2D eigenvalue weighted by Gasteiger charge is 2.52. The average molecular weight is 154 g/mol. The second-order valence-corrected chi connectivity index (χ2v) is 4.97. The first-order valence-corrected chi connectivity index (χ1v) is 4.75. The maximum absolute atomic E-state index is 9.00. The highest BCUT2D eigenvalue weighted by atomic mass is 16.3. The zero-order valence-electron chi connectivity index (χ0n) is 7.51. The summed E-state index contributed by atoms with van der Waals surface area (Å²) >= 11 is 0. The Balaban J connectivity index is 2.02. The van der Waals surface area contributed by atoms with Gasteiger partial charge in [0.1, 0.15) is 0 Å². The van der Waals surface area contributed by atoms with Crippen LogP contribution in [0.2, 0.25) is 0 Å². The van der Waals surface area contributed by atoms with Crippen LogP contribution < -0.4 is 0 Å². The lowest BCUT2D eigenvalue weighted by Gasteiger charge is -2.58. The topological polar surface area (TPSA) is 20.2 Å². The second-order valence-electron chi connectivity index (χ2n) is 4.97. The maximum atomic E-state index is 9.00. The van der Waals surface area contributed by atoms with E-state index < -0.39 is 0 Å². The first kappa shape index (κ1) is 7.60. The number of rotatable bonds is 1. The summed E-state index contributed by atoms with van der Waals surface area (Å²) in [6.45, 7) is 5.20. The fourth-order valence-corrected chi connectivity index (χ4v) is 2.97. The van der Waals surface area contributed by atoms with E-state index in [1.54, 1.807) is 0 Å². The second kappa shape index (κ2) is 2.22. The summed E-state index contributed by atoms with van der Waals surface area (Å²) in [6, 6.07) is 0. The molecule has 0 heterocycles.